The Morgan fingerprint density at radius 3 is 2.96 bits per heavy atom. The average Bonchev–Trinajstić information content (AvgIpc) is 2.97. The highest BCUT2D eigenvalue weighted by molar-refractivity contribution is 5.87. The number of nitrogens with zero attached hydrogens (tertiary/aromatic N) is 1. The van der Waals surface area contributed by atoms with Crippen molar-refractivity contribution in [1.29, 1.82) is 0 Å². The van der Waals surface area contributed by atoms with Crippen LogP contribution in [0.4, 0.5) is 11.4 Å². The summed E-state index contributed by atoms with van der Waals surface area (Å²) in [4.78, 5) is 5.87. The van der Waals surface area contributed by atoms with Crippen LogP contribution < -0.4 is 10.2 Å². The maximum Gasteiger partial charge on any atom is 0.0478 e. The van der Waals surface area contributed by atoms with Crippen molar-refractivity contribution in [2.75, 3.05) is 18.5 Å². The lowest BCUT2D eigenvalue weighted by Gasteiger charge is -2.31. The van der Waals surface area contributed by atoms with E-state index in [0.717, 1.165) is 13.1 Å². The molecule has 2 N–H and O–H groups in total. The topological polar surface area (TPSA) is 31.1 Å². The number of hydrogen-bond acceptors (Lipinski definition) is 2. The quantitative estimate of drug-likeness (QED) is 0.756. The predicted molar refractivity (Wildman–Crippen MR) is 97.6 cm³/mol. The number of aromatic amines is 1. The van der Waals surface area contributed by atoms with E-state index in [1.54, 1.807) is 0 Å². The molecule has 3 aromatic rings. The molecule has 0 radical (unpaired) electrons. The molecule has 1 aromatic heterocycles. The highest BCUT2D eigenvalue weighted by Crippen LogP contribution is 2.35. The lowest BCUT2D eigenvalue weighted by atomic mass is 9.99. The van der Waals surface area contributed by atoms with Crippen LogP contribution in [0.5, 0.6) is 0 Å². The fraction of sp³-hybridized carbons (Fsp3) is 0.300. The minimum atomic E-state index is 0.894. The van der Waals surface area contributed by atoms with Gasteiger partial charge in [-0.05, 0) is 56.1 Å². The predicted octanol–water partition coefficient (Wildman–Crippen LogP) is 4.28. The molecule has 1 aliphatic heterocycles. The molecule has 0 saturated heterocycles. The number of fused-ring (bicyclic) bond motifs is 2. The van der Waals surface area contributed by atoms with E-state index in [4.69, 9.17) is 0 Å². The third-order valence-electron chi connectivity index (χ3n) is 4.78. The van der Waals surface area contributed by atoms with Gasteiger partial charge in [-0.2, -0.15) is 0 Å². The second-order valence-corrected chi connectivity index (χ2v) is 6.46. The Morgan fingerprint density at radius 2 is 2.09 bits per heavy atom. The van der Waals surface area contributed by atoms with Gasteiger partial charge in [-0.25, -0.2) is 0 Å². The Kier molecular flexibility index (Phi) is 3.58. The standard InChI is InChI=1S/C20H23N3/c1-14-5-8-20-15(10-14)4-3-9-23(20)17-6-7-18-16(12-21-2)13-22-19(18)11-17/h5-8,10-11,13,21-22H,3-4,9,12H2,1-2H3. The third kappa shape index (κ3) is 2.51. The zero-order chi connectivity index (χ0) is 15.8. The molecule has 0 saturated carbocycles. The van der Waals surface area contributed by atoms with Crippen molar-refractivity contribution in [1.82, 2.24) is 10.3 Å². The van der Waals surface area contributed by atoms with Crippen LogP contribution >= 0.6 is 0 Å². The lowest BCUT2D eigenvalue weighted by molar-refractivity contribution is 0.766. The number of H-pyrrole nitrogens is 1. The second kappa shape index (κ2) is 5.74. The van der Waals surface area contributed by atoms with E-state index >= 15 is 0 Å². The monoisotopic (exact) mass is 305 g/mol. The van der Waals surface area contributed by atoms with Crippen molar-refractivity contribution < 1.29 is 0 Å². The number of nitrogens with one attached hydrogen (secondary N) is 2. The fourth-order valence-corrected chi connectivity index (χ4v) is 3.67. The van der Waals surface area contributed by atoms with Gasteiger partial charge in [0.2, 0.25) is 0 Å². The third-order valence-corrected chi connectivity index (χ3v) is 4.78. The maximum atomic E-state index is 3.42. The largest absolute Gasteiger partial charge is 0.361 e. The molecule has 0 aliphatic carbocycles. The smallest absolute Gasteiger partial charge is 0.0478 e. The van der Waals surface area contributed by atoms with Gasteiger partial charge in [-0.1, -0.05) is 23.8 Å². The van der Waals surface area contributed by atoms with Gasteiger partial charge in [0.15, 0.2) is 0 Å². The summed E-state index contributed by atoms with van der Waals surface area (Å²) in [5.74, 6) is 0. The molecule has 1 aliphatic rings. The van der Waals surface area contributed by atoms with Gasteiger partial charge in [-0.15, -0.1) is 0 Å². The summed E-state index contributed by atoms with van der Waals surface area (Å²) in [7, 11) is 1.99. The van der Waals surface area contributed by atoms with Crippen LogP contribution in [0.15, 0.2) is 42.6 Å². The van der Waals surface area contributed by atoms with Crippen molar-refractivity contribution in [2.24, 2.45) is 0 Å². The normalized spacial score (nSPS) is 14.3. The summed E-state index contributed by atoms with van der Waals surface area (Å²) in [6.07, 6.45) is 4.51. The Bertz CT molecular complexity index is 847. The molecule has 118 valence electrons. The van der Waals surface area contributed by atoms with Crippen LogP contribution in [0.3, 0.4) is 0 Å². The van der Waals surface area contributed by atoms with Crippen molar-refractivity contribution in [3.63, 3.8) is 0 Å². The van der Waals surface area contributed by atoms with E-state index < -0.39 is 0 Å². The zero-order valence-electron chi connectivity index (χ0n) is 13.8. The number of aryl methyl sites for hydroxylation is 2. The molecule has 0 unspecified atom stereocenters. The Labute approximate surface area is 137 Å². The molecule has 3 nitrogen and oxygen atoms in total. The van der Waals surface area contributed by atoms with Gasteiger partial charge in [0.25, 0.3) is 0 Å². The number of rotatable bonds is 3. The van der Waals surface area contributed by atoms with E-state index in [9.17, 15) is 0 Å². The van der Waals surface area contributed by atoms with Crippen molar-refractivity contribution in [3.05, 3.63) is 59.3 Å². The molecule has 2 heterocycles. The lowest BCUT2D eigenvalue weighted by Crippen LogP contribution is -2.24. The van der Waals surface area contributed by atoms with Crippen molar-refractivity contribution in [2.45, 2.75) is 26.3 Å². The van der Waals surface area contributed by atoms with Crippen LogP contribution in [0.25, 0.3) is 10.9 Å². The van der Waals surface area contributed by atoms with Crippen LogP contribution in [-0.4, -0.2) is 18.6 Å². The summed E-state index contributed by atoms with van der Waals surface area (Å²) >= 11 is 0. The highest BCUT2D eigenvalue weighted by atomic mass is 15.1. The van der Waals surface area contributed by atoms with Crippen LogP contribution in [-0.2, 0) is 13.0 Å². The number of benzene rings is 2. The number of hydrogen-bond donors (Lipinski definition) is 2. The molecule has 4 rings (SSSR count). The molecule has 0 bridgehead atoms. The van der Waals surface area contributed by atoms with Crippen LogP contribution in [0.1, 0.15) is 23.1 Å². The minimum absolute atomic E-state index is 0.894. The molecule has 0 amide bonds. The van der Waals surface area contributed by atoms with Gasteiger partial charge >= 0.3 is 0 Å². The molecule has 0 fully saturated rings. The van der Waals surface area contributed by atoms with E-state index in [0.29, 0.717) is 0 Å². The molecular weight excluding hydrogens is 282 g/mol. The maximum absolute atomic E-state index is 3.42. The first kappa shape index (κ1) is 14.3. The van der Waals surface area contributed by atoms with Gasteiger partial charge in [-0.3, -0.25) is 0 Å². The van der Waals surface area contributed by atoms with E-state index in [-0.39, 0.29) is 0 Å². The summed E-state index contributed by atoms with van der Waals surface area (Å²) in [6, 6.07) is 13.6. The van der Waals surface area contributed by atoms with E-state index in [1.165, 1.54) is 51.8 Å². The fourth-order valence-electron chi connectivity index (χ4n) is 3.67. The van der Waals surface area contributed by atoms with Gasteiger partial charge in [0, 0.05) is 41.6 Å². The SMILES string of the molecule is CNCc1c[nH]c2cc(N3CCCc4cc(C)ccc43)ccc12. The summed E-state index contributed by atoms with van der Waals surface area (Å²) < 4.78 is 0. The summed E-state index contributed by atoms with van der Waals surface area (Å²) in [6.45, 7) is 4.16. The van der Waals surface area contributed by atoms with E-state index in [2.05, 4.69) is 64.7 Å². The zero-order valence-corrected chi connectivity index (χ0v) is 13.8. The Morgan fingerprint density at radius 1 is 1.17 bits per heavy atom. The summed E-state index contributed by atoms with van der Waals surface area (Å²) in [5.41, 5.74) is 8.00. The second-order valence-electron chi connectivity index (χ2n) is 6.46. The minimum Gasteiger partial charge on any atom is -0.361 e. The molecule has 0 spiro atoms. The molecule has 23 heavy (non-hydrogen) atoms. The highest BCUT2D eigenvalue weighted by Gasteiger charge is 2.18. The Hall–Kier alpha value is -2.26. The molecule has 2 aromatic carbocycles. The van der Waals surface area contributed by atoms with Crippen LogP contribution in [0, 0.1) is 6.92 Å². The van der Waals surface area contributed by atoms with Gasteiger partial charge in [0.1, 0.15) is 0 Å². The Balaban J connectivity index is 1.75. The average molecular weight is 305 g/mol. The number of aromatic nitrogens is 1. The number of anilines is 2. The first-order valence-electron chi connectivity index (χ1n) is 8.38. The van der Waals surface area contributed by atoms with Crippen molar-refractivity contribution in [3.8, 4) is 0 Å². The first-order valence-corrected chi connectivity index (χ1v) is 8.38. The molecular formula is C20H23N3. The molecule has 3 heteroatoms. The van der Waals surface area contributed by atoms with Crippen LogP contribution in [0.2, 0.25) is 0 Å². The van der Waals surface area contributed by atoms with E-state index in [1.807, 2.05) is 7.05 Å². The summed E-state index contributed by atoms with van der Waals surface area (Å²) in [5, 5.41) is 4.54. The van der Waals surface area contributed by atoms with Crippen molar-refractivity contribution >= 4 is 22.3 Å². The van der Waals surface area contributed by atoms with Gasteiger partial charge < -0.3 is 15.2 Å². The van der Waals surface area contributed by atoms with Gasteiger partial charge in [0.05, 0.1) is 0 Å². The molecule has 0 atom stereocenters. The first-order chi connectivity index (χ1) is 11.3.